The molecule has 0 aliphatic carbocycles. The molecule has 2 N–H and O–H groups in total. The highest BCUT2D eigenvalue weighted by Gasteiger charge is 1.94. The molecule has 1 aromatic rings. The fraction of sp³-hybridized carbons (Fsp3) is 0.111. The minimum absolute atomic E-state index is 0.442. The van der Waals surface area contributed by atoms with E-state index in [9.17, 15) is 4.79 Å². The standard InChI is InChI=1S/C6H6N2O.C3H6O/c7-6(9)5-2-1-3-8-4-5;1-3-4-2/h1-4H,(H2,7,9);3H,1H2,2H3. The largest absolute Gasteiger partial charge is 0.505 e. The zero-order chi connectivity index (χ0) is 10.1. The van der Waals surface area contributed by atoms with Crippen LogP contribution in [0.15, 0.2) is 37.4 Å². The van der Waals surface area contributed by atoms with Gasteiger partial charge in [0.15, 0.2) is 0 Å². The molecule has 1 rings (SSSR count). The molecule has 0 aliphatic rings. The van der Waals surface area contributed by atoms with Gasteiger partial charge in [0.25, 0.3) is 0 Å². The van der Waals surface area contributed by atoms with E-state index in [1.807, 2.05) is 0 Å². The first-order valence-corrected chi connectivity index (χ1v) is 3.56. The number of aromatic nitrogens is 1. The van der Waals surface area contributed by atoms with Crippen LogP contribution in [0.1, 0.15) is 10.4 Å². The molecule has 0 spiro atoms. The van der Waals surface area contributed by atoms with Crippen LogP contribution in [0.2, 0.25) is 0 Å². The Kier molecular flexibility index (Phi) is 5.88. The molecule has 0 aromatic carbocycles. The van der Waals surface area contributed by atoms with Crippen molar-refractivity contribution < 1.29 is 9.53 Å². The highest BCUT2D eigenvalue weighted by molar-refractivity contribution is 5.92. The van der Waals surface area contributed by atoms with Gasteiger partial charge < -0.3 is 10.5 Å². The average Bonchev–Trinajstić information content (AvgIpc) is 2.19. The summed E-state index contributed by atoms with van der Waals surface area (Å²) < 4.78 is 4.31. The number of nitrogens with two attached hydrogens (primary N) is 1. The van der Waals surface area contributed by atoms with Crippen LogP contribution in [-0.2, 0) is 4.74 Å². The summed E-state index contributed by atoms with van der Waals surface area (Å²) in [6, 6.07) is 3.29. The Bertz CT molecular complexity index is 260. The van der Waals surface area contributed by atoms with E-state index in [-0.39, 0.29) is 0 Å². The number of methoxy groups -OCH3 is 1. The summed E-state index contributed by atoms with van der Waals surface area (Å²) in [6.07, 6.45) is 4.40. The van der Waals surface area contributed by atoms with E-state index in [1.165, 1.54) is 12.5 Å². The van der Waals surface area contributed by atoms with Crippen molar-refractivity contribution in [2.24, 2.45) is 5.73 Å². The molecular formula is C9H12N2O2. The minimum Gasteiger partial charge on any atom is -0.505 e. The SMILES string of the molecule is C=COC.NC(=O)c1cccnc1. The number of rotatable bonds is 2. The number of carbonyl (C=O) groups excluding carboxylic acids is 1. The van der Waals surface area contributed by atoms with Crippen molar-refractivity contribution in [3.05, 3.63) is 42.9 Å². The van der Waals surface area contributed by atoms with E-state index in [1.54, 1.807) is 25.4 Å². The van der Waals surface area contributed by atoms with Gasteiger partial charge in [0.2, 0.25) is 5.91 Å². The number of primary amides is 1. The van der Waals surface area contributed by atoms with Gasteiger partial charge in [0, 0.05) is 12.4 Å². The number of amides is 1. The summed E-state index contributed by atoms with van der Waals surface area (Å²) in [5, 5.41) is 0. The third kappa shape index (κ3) is 5.43. The van der Waals surface area contributed by atoms with Crippen LogP contribution in [-0.4, -0.2) is 18.0 Å². The maximum Gasteiger partial charge on any atom is 0.250 e. The molecule has 0 bridgehead atoms. The Morgan fingerprint density at radius 2 is 2.38 bits per heavy atom. The van der Waals surface area contributed by atoms with Crippen molar-refractivity contribution in [2.45, 2.75) is 0 Å². The van der Waals surface area contributed by atoms with E-state index in [4.69, 9.17) is 5.73 Å². The molecule has 1 amide bonds. The summed E-state index contributed by atoms with van der Waals surface area (Å²) in [5.41, 5.74) is 5.38. The van der Waals surface area contributed by atoms with Gasteiger partial charge in [-0.15, -0.1) is 0 Å². The lowest BCUT2D eigenvalue weighted by molar-refractivity contribution is 0.1000. The molecule has 4 heteroatoms. The summed E-state index contributed by atoms with van der Waals surface area (Å²) >= 11 is 0. The normalized spacial score (nSPS) is 7.77. The molecule has 4 nitrogen and oxygen atoms in total. The smallest absolute Gasteiger partial charge is 0.250 e. The van der Waals surface area contributed by atoms with Crippen LogP contribution in [0.5, 0.6) is 0 Å². The number of carbonyl (C=O) groups is 1. The van der Waals surface area contributed by atoms with Gasteiger partial charge in [-0.25, -0.2) is 0 Å². The van der Waals surface area contributed by atoms with Gasteiger partial charge in [-0.05, 0) is 12.1 Å². The topological polar surface area (TPSA) is 65.2 Å². The Balaban J connectivity index is 0.000000310. The van der Waals surface area contributed by atoms with Crippen molar-refractivity contribution in [1.82, 2.24) is 4.98 Å². The number of ether oxygens (including phenoxy) is 1. The Morgan fingerprint density at radius 3 is 2.62 bits per heavy atom. The van der Waals surface area contributed by atoms with Gasteiger partial charge in [-0.3, -0.25) is 9.78 Å². The van der Waals surface area contributed by atoms with E-state index in [2.05, 4.69) is 16.3 Å². The fourth-order valence-corrected chi connectivity index (χ4v) is 0.509. The highest BCUT2D eigenvalue weighted by atomic mass is 16.5. The predicted octanol–water partition coefficient (Wildman–Crippen LogP) is 0.957. The molecular weight excluding hydrogens is 168 g/mol. The van der Waals surface area contributed by atoms with Crippen molar-refractivity contribution in [2.75, 3.05) is 7.11 Å². The van der Waals surface area contributed by atoms with E-state index in [0.29, 0.717) is 5.56 Å². The van der Waals surface area contributed by atoms with Crippen LogP contribution in [0, 0.1) is 0 Å². The maximum absolute atomic E-state index is 10.4. The Morgan fingerprint density at radius 1 is 1.77 bits per heavy atom. The highest BCUT2D eigenvalue weighted by Crippen LogP contribution is 1.91. The molecule has 0 saturated heterocycles. The van der Waals surface area contributed by atoms with E-state index in [0.717, 1.165) is 0 Å². The lowest BCUT2D eigenvalue weighted by atomic mass is 10.3. The molecule has 70 valence electrons. The van der Waals surface area contributed by atoms with E-state index >= 15 is 0 Å². The van der Waals surface area contributed by atoms with Gasteiger partial charge in [-0.2, -0.15) is 0 Å². The molecule has 0 unspecified atom stereocenters. The Labute approximate surface area is 77.0 Å². The zero-order valence-corrected chi connectivity index (χ0v) is 7.43. The number of nitrogens with zero attached hydrogens (tertiary/aromatic N) is 1. The third-order valence-corrected chi connectivity index (χ3v) is 1.11. The van der Waals surface area contributed by atoms with Crippen molar-refractivity contribution >= 4 is 5.91 Å². The molecule has 1 heterocycles. The molecule has 0 radical (unpaired) electrons. The van der Waals surface area contributed by atoms with Gasteiger partial charge in [-0.1, -0.05) is 6.58 Å². The summed E-state index contributed by atoms with van der Waals surface area (Å²) in [4.78, 5) is 14.1. The summed E-state index contributed by atoms with van der Waals surface area (Å²) in [6.45, 7) is 3.26. The monoisotopic (exact) mass is 180 g/mol. The second-order valence-corrected chi connectivity index (χ2v) is 2.01. The minimum atomic E-state index is -0.442. The number of hydrogen-bond donors (Lipinski definition) is 1. The average molecular weight is 180 g/mol. The predicted molar refractivity (Wildman–Crippen MR) is 50.0 cm³/mol. The summed E-state index contributed by atoms with van der Waals surface area (Å²) in [5.74, 6) is -0.442. The van der Waals surface area contributed by atoms with Crippen LogP contribution in [0.4, 0.5) is 0 Å². The first-order chi connectivity index (χ1) is 6.22. The fourth-order valence-electron chi connectivity index (χ4n) is 0.509. The van der Waals surface area contributed by atoms with Gasteiger partial charge in [0.05, 0.1) is 18.9 Å². The van der Waals surface area contributed by atoms with E-state index < -0.39 is 5.91 Å². The molecule has 0 saturated carbocycles. The molecule has 0 atom stereocenters. The quantitative estimate of drug-likeness (QED) is 0.689. The second kappa shape index (κ2) is 6.84. The first kappa shape index (κ1) is 11.2. The van der Waals surface area contributed by atoms with Crippen LogP contribution < -0.4 is 5.73 Å². The molecule has 1 aromatic heterocycles. The van der Waals surface area contributed by atoms with Crippen LogP contribution in [0.25, 0.3) is 0 Å². The number of pyridine rings is 1. The van der Waals surface area contributed by atoms with Gasteiger partial charge in [0.1, 0.15) is 0 Å². The summed E-state index contributed by atoms with van der Waals surface area (Å²) in [7, 11) is 1.56. The van der Waals surface area contributed by atoms with Crippen molar-refractivity contribution in [3.63, 3.8) is 0 Å². The third-order valence-electron chi connectivity index (χ3n) is 1.11. The van der Waals surface area contributed by atoms with Gasteiger partial charge >= 0.3 is 0 Å². The first-order valence-electron chi connectivity index (χ1n) is 3.56. The zero-order valence-electron chi connectivity index (χ0n) is 7.43. The molecule has 0 fully saturated rings. The lowest BCUT2D eigenvalue weighted by Gasteiger charge is -1.88. The Hall–Kier alpha value is -1.84. The number of hydrogen-bond acceptors (Lipinski definition) is 3. The van der Waals surface area contributed by atoms with Crippen LogP contribution >= 0.6 is 0 Å². The molecule has 13 heavy (non-hydrogen) atoms. The van der Waals surface area contributed by atoms with Crippen molar-refractivity contribution in [1.29, 1.82) is 0 Å². The lowest BCUT2D eigenvalue weighted by Crippen LogP contribution is -2.10. The molecule has 0 aliphatic heterocycles. The van der Waals surface area contributed by atoms with Crippen LogP contribution in [0.3, 0.4) is 0 Å². The van der Waals surface area contributed by atoms with Crippen molar-refractivity contribution in [3.8, 4) is 0 Å². The second-order valence-electron chi connectivity index (χ2n) is 2.01. The maximum atomic E-state index is 10.4.